The van der Waals surface area contributed by atoms with E-state index >= 15 is 0 Å². The van der Waals surface area contributed by atoms with Crippen LogP contribution >= 0.6 is 0 Å². The van der Waals surface area contributed by atoms with E-state index in [2.05, 4.69) is 6.92 Å². The van der Waals surface area contributed by atoms with Crippen molar-refractivity contribution in [1.29, 1.82) is 0 Å². The van der Waals surface area contributed by atoms with Crippen LogP contribution in [0.5, 0.6) is 0 Å². The summed E-state index contributed by atoms with van der Waals surface area (Å²) >= 11 is 0. The maximum atomic E-state index is 11.2. The molecule has 0 aliphatic carbocycles. The smallest absolute Gasteiger partial charge is 0.305 e. The van der Waals surface area contributed by atoms with Gasteiger partial charge in [0.05, 0.1) is 6.61 Å². The van der Waals surface area contributed by atoms with Crippen molar-refractivity contribution in [3.63, 3.8) is 0 Å². The summed E-state index contributed by atoms with van der Waals surface area (Å²) in [7, 11) is 0. The van der Waals surface area contributed by atoms with Crippen molar-refractivity contribution >= 4 is 5.97 Å². The Morgan fingerprint density at radius 1 is 1.44 bits per heavy atom. The van der Waals surface area contributed by atoms with Crippen molar-refractivity contribution in [2.45, 2.75) is 50.9 Å². The summed E-state index contributed by atoms with van der Waals surface area (Å²) in [5.41, 5.74) is 0. The summed E-state index contributed by atoms with van der Waals surface area (Å²) in [5.74, 6) is -0.273. The lowest BCUT2D eigenvalue weighted by atomic mass is 10.1. The largest absolute Gasteiger partial charge is 0.463 e. The predicted molar refractivity (Wildman–Crippen MR) is 56.9 cm³/mol. The minimum Gasteiger partial charge on any atom is -0.463 e. The molecule has 16 heavy (non-hydrogen) atoms. The quantitative estimate of drug-likeness (QED) is 0.506. The molecule has 1 aliphatic heterocycles. The van der Waals surface area contributed by atoms with E-state index in [1.165, 1.54) is 0 Å². The van der Waals surface area contributed by atoms with Gasteiger partial charge in [-0.1, -0.05) is 19.8 Å². The van der Waals surface area contributed by atoms with Gasteiger partial charge in [0.15, 0.2) is 0 Å². The number of ether oxygens (including phenoxy) is 2. The van der Waals surface area contributed by atoms with Crippen molar-refractivity contribution < 1.29 is 24.5 Å². The van der Waals surface area contributed by atoms with E-state index in [4.69, 9.17) is 9.47 Å². The van der Waals surface area contributed by atoms with Gasteiger partial charge in [0.25, 0.3) is 0 Å². The minimum absolute atomic E-state index is 0.0170. The fraction of sp³-hybridized carbons (Fsp3) is 0.909. The third-order valence-electron chi connectivity index (χ3n) is 2.65. The number of unbranched alkanes of at least 4 members (excludes halogenated alkanes) is 2. The van der Waals surface area contributed by atoms with Crippen molar-refractivity contribution in [1.82, 2.24) is 0 Å². The zero-order valence-corrected chi connectivity index (χ0v) is 9.59. The SMILES string of the molecule is CCCCCC(=O)OC[C@H]1OC[C@@H](O)[C@H]1O. The van der Waals surface area contributed by atoms with Gasteiger partial charge >= 0.3 is 5.97 Å². The summed E-state index contributed by atoms with van der Waals surface area (Å²) in [4.78, 5) is 11.2. The van der Waals surface area contributed by atoms with Crippen molar-refractivity contribution in [2.75, 3.05) is 13.2 Å². The number of aliphatic hydroxyl groups excluding tert-OH is 2. The zero-order chi connectivity index (χ0) is 12.0. The highest BCUT2D eigenvalue weighted by Gasteiger charge is 2.35. The second kappa shape index (κ2) is 6.83. The topological polar surface area (TPSA) is 76.0 Å². The summed E-state index contributed by atoms with van der Waals surface area (Å²) in [6.45, 7) is 2.18. The Labute approximate surface area is 95.4 Å². The Kier molecular flexibility index (Phi) is 5.73. The fourth-order valence-corrected chi connectivity index (χ4v) is 1.58. The third-order valence-corrected chi connectivity index (χ3v) is 2.65. The molecule has 0 radical (unpaired) electrons. The van der Waals surface area contributed by atoms with E-state index < -0.39 is 18.3 Å². The van der Waals surface area contributed by atoms with Crippen LogP contribution in [0.15, 0.2) is 0 Å². The highest BCUT2D eigenvalue weighted by atomic mass is 16.6. The van der Waals surface area contributed by atoms with Crippen LogP contribution in [0, 0.1) is 0 Å². The molecule has 5 heteroatoms. The van der Waals surface area contributed by atoms with Crippen LogP contribution in [0.2, 0.25) is 0 Å². The van der Waals surface area contributed by atoms with Gasteiger partial charge in [0, 0.05) is 6.42 Å². The number of carbonyl (C=O) groups excluding carboxylic acids is 1. The standard InChI is InChI=1S/C11H20O5/c1-2-3-4-5-10(13)16-7-9-11(14)8(12)6-15-9/h8-9,11-12,14H,2-7H2,1H3/t8-,9-,11-/m1/s1. The Morgan fingerprint density at radius 3 is 2.75 bits per heavy atom. The summed E-state index contributed by atoms with van der Waals surface area (Å²) in [6, 6.07) is 0. The molecular weight excluding hydrogens is 212 g/mol. The van der Waals surface area contributed by atoms with Gasteiger partial charge < -0.3 is 19.7 Å². The molecule has 3 atom stereocenters. The van der Waals surface area contributed by atoms with Crippen molar-refractivity contribution in [2.24, 2.45) is 0 Å². The van der Waals surface area contributed by atoms with Crippen molar-refractivity contribution in [3.05, 3.63) is 0 Å². The minimum atomic E-state index is -0.955. The van der Waals surface area contributed by atoms with E-state index in [-0.39, 0.29) is 19.2 Å². The van der Waals surface area contributed by atoms with Crippen LogP contribution in [0.1, 0.15) is 32.6 Å². The molecule has 0 aromatic carbocycles. The van der Waals surface area contributed by atoms with Gasteiger partial charge in [0.1, 0.15) is 24.9 Å². The molecule has 5 nitrogen and oxygen atoms in total. The van der Waals surface area contributed by atoms with Crippen LogP contribution in [0.3, 0.4) is 0 Å². The maximum absolute atomic E-state index is 11.2. The Balaban J connectivity index is 2.12. The second-order valence-corrected chi connectivity index (χ2v) is 4.07. The highest BCUT2D eigenvalue weighted by molar-refractivity contribution is 5.69. The van der Waals surface area contributed by atoms with Gasteiger partial charge in [-0.05, 0) is 6.42 Å². The van der Waals surface area contributed by atoms with E-state index in [9.17, 15) is 15.0 Å². The zero-order valence-electron chi connectivity index (χ0n) is 9.59. The first-order valence-corrected chi connectivity index (χ1v) is 5.78. The van der Waals surface area contributed by atoms with Gasteiger partial charge in [0.2, 0.25) is 0 Å². The van der Waals surface area contributed by atoms with E-state index in [0.29, 0.717) is 6.42 Å². The lowest BCUT2D eigenvalue weighted by Crippen LogP contribution is -2.33. The highest BCUT2D eigenvalue weighted by Crippen LogP contribution is 2.14. The number of hydrogen-bond acceptors (Lipinski definition) is 5. The molecule has 0 bridgehead atoms. The normalized spacial score (nSPS) is 29.3. The molecule has 1 rings (SSSR count). The molecule has 0 spiro atoms. The first kappa shape index (κ1) is 13.4. The summed E-state index contributed by atoms with van der Waals surface area (Å²) in [6.07, 6.45) is 0.878. The first-order chi connectivity index (χ1) is 7.65. The molecule has 0 aromatic rings. The molecule has 1 saturated heterocycles. The predicted octanol–water partition coefficient (Wildman–Crippen LogP) is 0.231. The van der Waals surface area contributed by atoms with Crippen molar-refractivity contribution in [3.8, 4) is 0 Å². The number of carbonyl (C=O) groups is 1. The molecule has 94 valence electrons. The average molecular weight is 232 g/mol. The number of rotatable bonds is 6. The van der Waals surface area contributed by atoms with Crippen LogP contribution < -0.4 is 0 Å². The molecule has 2 N–H and O–H groups in total. The Morgan fingerprint density at radius 2 is 2.19 bits per heavy atom. The molecule has 0 amide bonds. The molecule has 0 aromatic heterocycles. The third kappa shape index (κ3) is 4.08. The summed E-state index contributed by atoms with van der Waals surface area (Å²) in [5, 5.41) is 18.6. The van der Waals surface area contributed by atoms with E-state index in [1.807, 2.05) is 0 Å². The second-order valence-electron chi connectivity index (χ2n) is 4.07. The van der Waals surface area contributed by atoms with Gasteiger partial charge in [-0.25, -0.2) is 0 Å². The van der Waals surface area contributed by atoms with Gasteiger partial charge in [-0.3, -0.25) is 4.79 Å². The molecule has 1 heterocycles. The van der Waals surface area contributed by atoms with Gasteiger partial charge in [-0.15, -0.1) is 0 Å². The van der Waals surface area contributed by atoms with E-state index in [1.54, 1.807) is 0 Å². The average Bonchev–Trinajstić information content (AvgIpc) is 2.58. The molecule has 0 unspecified atom stereocenters. The monoisotopic (exact) mass is 232 g/mol. The number of hydrogen-bond donors (Lipinski definition) is 2. The first-order valence-electron chi connectivity index (χ1n) is 5.78. The molecule has 1 aliphatic rings. The summed E-state index contributed by atoms with van der Waals surface area (Å²) < 4.78 is 10.0. The number of aliphatic hydroxyl groups is 2. The molecule has 0 saturated carbocycles. The van der Waals surface area contributed by atoms with Crippen LogP contribution in [0.4, 0.5) is 0 Å². The van der Waals surface area contributed by atoms with Crippen LogP contribution in [-0.2, 0) is 14.3 Å². The molecular formula is C11H20O5. The van der Waals surface area contributed by atoms with Gasteiger partial charge in [-0.2, -0.15) is 0 Å². The van der Waals surface area contributed by atoms with Crippen LogP contribution in [0.25, 0.3) is 0 Å². The lowest BCUT2D eigenvalue weighted by Gasteiger charge is -2.14. The maximum Gasteiger partial charge on any atom is 0.305 e. The lowest BCUT2D eigenvalue weighted by molar-refractivity contribution is -0.148. The Hall–Kier alpha value is -0.650. The van der Waals surface area contributed by atoms with E-state index in [0.717, 1.165) is 19.3 Å². The molecule has 1 fully saturated rings. The fourth-order valence-electron chi connectivity index (χ4n) is 1.58. The van der Waals surface area contributed by atoms with Crippen LogP contribution in [-0.4, -0.2) is 47.7 Å². The Bertz CT molecular complexity index is 218. The number of esters is 1.